The maximum absolute atomic E-state index is 13.6. The average molecular weight is 498 g/mol. The van der Waals surface area contributed by atoms with E-state index in [1.165, 1.54) is 6.07 Å². The maximum Gasteiger partial charge on any atom is 0.417 e. The smallest absolute Gasteiger partial charge is 0.370 e. The number of aryl methyl sites for hydroxylation is 1. The summed E-state index contributed by atoms with van der Waals surface area (Å²) in [4.78, 5) is 22.0. The summed E-state index contributed by atoms with van der Waals surface area (Å²) < 4.78 is 40.8. The molecule has 190 valence electrons. The van der Waals surface area contributed by atoms with Gasteiger partial charge in [-0.3, -0.25) is 14.7 Å². The largest absolute Gasteiger partial charge is 0.417 e. The first-order chi connectivity index (χ1) is 17.2. The quantitative estimate of drug-likeness (QED) is 0.668. The highest BCUT2D eigenvalue weighted by Gasteiger charge is 2.52. The molecule has 1 spiro atoms. The van der Waals surface area contributed by atoms with Crippen LogP contribution in [0.3, 0.4) is 0 Å². The number of aromatic nitrogens is 1. The van der Waals surface area contributed by atoms with Crippen molar-refractivity contribution in [1.29, 1.82) is 5.26 Å². The lowest BCUT2D eigenvalue weighted by Gasteiger charge is -2.42. The summed E-state index contributed by atoms with van der Waals surface area (Å²) in [5.41, 5.74) is 0.911. The van der Waals surface area contributed by atoms with Crippen molar-refractivity contribution in [2.24, 2.45) is 11.3 Å². The summed E-state index contributed by atoms with van der Waals surface area (Å²) in [6.45, 7) is 5.25. The molecule has 1 aromatic heterocycles. The van der Waals surface area contributed by atoms with Crippen molar-refractivity contribution in [1.82, 2.24) is 15.2 Å². The number of halogens is 3. The standard InChI is InChI=1S/C27H30F3N5O/c1-18-2-4-21(32-14-18)15-34-10-8-26(9-11-34)17-35(16-24(26)25(36)33-20-5-6-20)22-7-3-19(13-31)23(12-22)27(28,29)30/h2-4,7,12,14,20,24H,5-6,8-11,15-17H2,1H3,(H,33,36). The van der Waals surface area contributed by atoms with Gasteiger partial charge in [0.2, 0.25) is 5.91 Å². The monoisotopic (exact) mass is 497 g/mol. The number of pyridine rings is 1. The molecule has 2 aliphatic heterocycles. The van der Waals surface area contributed by atoms with Gasteiger partial charge in [0.05, 0.1) is 28.8 Å². The van der Waals surface area contributed by atoms with Crippen LogP contribution in [0.2, 0.25) is 0 Å². The zero-order valence-corrected chi connectivity index (χ0v) is 20.3. The van der Waals surface area contributed by atoms with Gasteiger partial charge < -0.3 is 10.2 Å². The highest BCUT2D eigenvalue weighted by atomic mass is 19.4. The molecule has 1 unspecified atom stereocenters. The van der Waals surface area contributed by atoms with Crippen molar-refractivity contribution in [3.8, 4) is 6.07 Å². The van der Waals surface area contributed by atoms with E-state index in [4.69, 9.17) is 5.26 Å². The summed E-state index contributed by atoms with van der Waals surface area (Å²) in [7, 11) is 0. The minimum absolute atomic E-state index is 0.0124. The van der Waals surface area contributed by atoms with E-state index in [1.807, 2.05) is 30.2 Å². The number of nitrogens with zero attached hydrogens (tertiary/aromatic N) is 4. The molecule has 5 rings (SSSR count). The Morgan fingerprint density at radius 1 is 1.22 bits per heavy atom. The zero-order chi connectivity index (χ0) is 25.5. The molecule has 0 radical (unpaired) electrons. The van der Waals surface area contributed by atoms with Gasteiger partial charge in [-0.05, 0) is 75.5 Å². The van der Waals surface area contributed by atoms with Gasteiger partial charge in [0.1, 0.15) is 0 Å². The minimum Gasteiger partial charge on any atom is -0.370 e. The second-order valence-electron chi connectivity index (χ2n) is 10.5. The van der Waals surface area contributed by atoms with E-state index < -0.39 is 11.7 Å². The first-order valence-corrected chi connectivity index (χ1v) is 12.5. The molecule has 9 heteroatoms. The minimum atomic E-state index is -4.61. The van der Waals surface area contributed by atoms with E-state index in [-0.39, 0.29) is 28.8 Å². The molecule has 1 N–H and O–H groups in total. The third-order valence-corrected chi connectivity index (χ3v) is 7.89. The number of alkyl halides is 3. The fourth-order valence-corrected chi connectivity index (χ4v) is 5.60. The van der Waals surface area contributed by atoms with Gasteiger partial charge in [-0.25, -0.2) is 0 Å². The molecule has 1 amide bonds. The topological polar surface area (TPSA) is 72.3 Å². The van der Waals surface area contributed by atoms with Crippen LogP contribution < -0.4 is 10.2 Å². The van der Waals surface area contributed by atoms with E-state index in [1.54, 1.807) is 12.1 Å². The Morgan fingerprint density at radius 3 is 2.58 bits per heavy atom. The van der Waals surface area contributed by atoms with Gasteiger partial charge in [0, 0.05) is 43.0 Å². The Labute approximate surface area is 209 Å². The van der Waals surface area contributed by atoms with Crippen LogP contribution in [-0.4, -0.2) is 48.0 Å². The number of hydrogen-bond donors (Lipinski definition) is 1. The number of likely N-dealkylation sites (tertiary alicyclic amines) is 1. The molecule has 6 nitrogen and oxygen atoms in total. The molecule has 1 aliphatic carbocycles. The highest BCUT2D eigenvalue weighted by Crippen LogP contribution is 2.47. The fraction of sp³-hybridized carbons (Fsp3) is 0.519. The predicted octanol–water partition coefficient (Wildman–Crippen LogP) is 4.28. The number of nitriles is 1. The van der Waals surface area contributed by atoms with Crippen LogP contribution in [0.4, 0.5) is 18.9 Å². The summed E-state index contributed by atoms with van der Waals surface area (Å²) in [6.07, 6.45) is 0.798. The first kappa shape index (κ1) is 24.6. The van der Waals surface area contributed by atoms with E-state index in [0.717, 1.165) is 62.6 Å². The molecule has 3 aliphatic rings. The fourth-order valence-electron chi connectivity index (χ4n) is 5.60. The molecule has 1 aromatic carbocycles. The number of benzene rings is 1. The Balaban J connectivity index is 1.36. The number of anilines is 1. The van der Waals surface area contributed by atoms with Crippen molar-refractivity contribution in [2.45, 2.75) is 51.4 Å². The van der Waals surface area contributed by atoms with Crippen LogP contribution in [0.1, 0.15) is 48.1 Å². The lowest BCUT2D eigenvalue weighted by atomic mass is 9.70. The Bertz CT molecular complexity index is 1160. The van der Waals surface area contributed by atoms with Gasteiger partial charge in [-0.1, -0.05) is 6.07 Å². The van der Waals surface area contributed by atoms with Crippen LogP contribution in [0, 0.1) is 29.6 Å². The predicted molar refractivity (Wildman–Crippen MR) is 129 cm³/mol. The van der Waals surface area contributed by atoms with Crippen molar-refractivity contribution in [2.75, 3.05) is 31.1 Å². The lowest BCUT2D eigenvalue weighted by Crippen LogP contribution is -2.48. The molecule has 1 saturated carbocycles. The number of hydrogen-bond acceptors (Lipinski definition) is 5. The van der Waals surface area contributed by atoms with E-state index in [2.05, 4.69) is 15.2 Å². The normalized spacial score (nSPS) is 22.0. The molecule has 3 heterocycles. The lowest BCUT2D eigenvalue weighted by molar-refractivity contribution is -0.137. The van der Waals surface area contributed by atoms with Gasteiger partial charge in [0.15, 0.2) is 0 Å². The zero-order valence-electron chi connectivity index (χ0n) is 20.3. The van der Waals surface area contributed by atoms with E-state index >= 15 is 0 Å². The Morgan fingerprint density at radius 2 is 1.97 bits per heavy atom. The van der Waals surface area contributed by atoms with Gasteiger partial charge in [-0.15, -0.1) is 0 Å². The molecular weight excluding hydrogens is 467 g/mol. The SMILES string of the molecule is Cc1ccc(CN2CCC3(CC2)CN(c2ccc(C#N)c(C(F)(F)F)c2)CC3C(=O)NC2CC2)nc1. The number of carbonyl (C=O) groups excluding carboxylic acids is 1. The average Bonchev–Trinajstić information content (AvgIpc) is 3.59. The number of rotatable bonds is 5. The molecular formula is C27H30F3N5O. The number of carbonyl (C=O) groups is 1. The van der Waals surface area contributed by atoms with Gasteiger partial charge >= 0.3 is 6.18 Å². The highest BCUT2D eigenvalue weighted by molar-refractivity contribution is 5.82. The summed E-state index contributed by atoms with van der Waals surface area (Å²) in [6, 6.07) is 9.82. The Kier molecular flexibility index (Phi) is 6.41. The van der Waals surface area contributed by atoms with Crippen molar-refractivity contribution in [3.63, 3.8) is 0 Å². The van der Waals surface area contributed by atoms with Crippen LogP contribution in [0.25, 0.3) is 0 Å². The maximum atomic E-state index is 13.6. The van der Waals surface area contributed by atoms with E-state index in [0.29, 0.717) is 18.8 Å². The second-order valence-corrected chi connectivity index (χ2v) is 10.5. The number of amides is 1. The van der Waals surface area contributed by atoms with Gasteiger partial charge in [-0.2, -0.15) is 18.4 Å². The molecule has 3 fully saturated rings. The van der Waals surface area contributed by atoms with Crippen molar-refractivity contribution >= 4 is 11.6 Å². The van der Waals surface area contributed by atoms with Gasteiger partial charge in [0.25, 0.3) is 0 Å². The molecule has 36 heavy (non-hydrogen) atoms. The van der Waals surface area contributed by atoms with Crippen LogP contribution >= 0.6 is 0 Å². The Hall–Kier alpha value is -3.12. The van der Waals surface area contributed by atoms with Crippen LogP contribution in [0.15, 0.2) is 36.5 Å². The molecule has 2 aromatic rings. The second kappa shape index (κ2) is 9.40. The molecule has 1 atom stereocenters. The summed E-state index contributed by atoms with van der Waals surface area (Å²) in [5, 5.41) is 12.3. The number of piperidine rings is 1. The summed E-state index contributed by atoms with van der Waals surface area (Å²) in [5.74, 6) is -0.277. The first-order valence-electron chi connectivity index (χ1n) is 12.5. The van der Waals surface area contributed by atoms with Crippen molar-refractivity contribution in [3.05, 3.63) is 58.9 Å². The molecule has 0 bridgehead atoms. The van der Waals surface area contributed by atoms with Crippen LogP contribution in [0.5, 0.6) is 0 Å². The van der Waals surface area contributed by atoms with Crippen LogP contribution in [-0.2, 0) is 17.5 Å². The van der Waals surface area contributed by atoms with E-state index in [9.17, 15) is 18.0 Å². The summed E-state index contributed by atoms with van der Waals surface area (Å²) >= 11 is 0. The number of nitrogens with one attached hydrogen (secondary N) is 1. The molecule has 2 saturated heterocycles. The van der Waals surface area contributed by atoms with Crippen molar-refractivity contribution < 1.29 is 18.0 Å². The third-order valence-electron chi connectivity index (χ3n) is 7.89. The third kappa shape index (κ3) is 5.05.